The minimum absolute atomic E-state index is 0.0823. The third kappa shape index (κ3) is 2.48. The van der Waals surface area contributed by atoms with Crippen LogP contribution in [-0.2, 0) is 17.2 Å². The number of carbonyl (C=O) groups excluding carboxylic acids is 1. The molecule has 0 amide bonds. The Hall–Kier alpha value is -1.96. The summed E-state index contributed by atoms with van der Waals surface area (Å²) in [6, 6.07) is 0. The number of hydrogen-bond donors (Lipinski definition) is 0. The molecule has 2 aromatic rings. The minimum atomic E-state index is -0.549. The summed E-state index contributed by atoms with van der Waals surface area (Å²) in [5.41, 5.74) is 0.565. The predicted octanol–water partition coefficient (Wildman–Crippen LogP) is 0.625. The lowest BCUT2D eigenvalue weighted by atomic mass is 10.3. The van der Waals surface area contributed by atoms with Gasteiger partial charge in [0.15, 0.2) is 11.5 Å². The summed E-state index contributed by atoms with van der Waals surface area (Å²) in [5, 5.41) is 11.2. The van der Waals surface area contributed by atoms with Crippen molar-refractivity contribution >= 4 is 17.6 Å². The van der Waals surface area contributed by atoms with Gasteiger partial charge in [-0.3, -0.25) is 0 Å². The summed E-state index contributed by atoms with van der Waals surface area (Å²) in [6.07, 6.45) is 1.21. The van der Waals surface area contributed by atoms with Crippen LogP contribution >= 0.6 is 11.6 Å². The second kappa shape index (κ2) is 5.58. The highest BCUT2D eigenvalue weighted by molar-refractivity contribution is 6.17. The molecule has 9 heteroatoms. The topological polar surface area (TPSA) is 95.9 Å². The van der Waals surface area contributed by atoms with E-state index < -0.39 is 5.97 Å². The second-order valence-electron chi connectivity index (χ2n) is 3.24. The molecule has 18 heavy (non-hydrogen) atoms. The van der Waals surface area contributed by atoms with Gasteiger partial charge in [0, 0.05) is 0 Å². The largest absolute Gasteiger partial charge is 0.461 e. The number of carbonyl (C=O) groups is 1. The number of rotatable bonds is 5. The van der Waals surface area contributed by atoms with Crippen LogP contribution in [0.25, 0.3) is 0 Å². The zero-order chi connectivity index (χ0) is 13.0. The van der Waals surface area contributed by atoms with Crippen molar-refractivity contribution in [2.45, 2.75) is 19.3 Å². The van der Waals surface area contributed by atoms with Crippen LogP contribution in [0.3, 0.4) is 0 Å². The van der Waals surface area contributed by atoms with E-state index in [9.17, 15) is 4.79 Å². The Labute approximate surface area is 107 Å². The molecule has 0 N–H and O–H groups in total. The summed E-state index contributed by atoms with van der Waals surface area (Å²) in [7, 11) is 0. The normalized spacial score (nSPS) is 10.6. The fourth-order valence-corrected chi connectivity index (χ4v) is 1.61. The van der Waals surface area contributed by atoms with E-state index in [4.69, 9.17) is 16.3 Å². The molecule has 0 aliphatic carbocycles. The van der Waals surface area contributed by atoms with Crippen LogP contribution in [0, 0.1) is 0 Å². The maximum Gasteiger partial charge on any atom is 0.360 e. The lowest BCUT2D eigenvalue weighted by Gasteiger charge is -2.02. The van der Waals surface area contributed by atoms with Gasteiger partial charge in [-0.2, -0.15) is 4.98 Å². The van der Waals surface area contributed by atoms with Crippen LogP contribution in [0.2, 0.25) is 0 Å². The fourth-order valence-electron chi connectivity index (χ4n) is 1.35. The first-order valence-corrected chi connectivity index (χ1v) is 5.70. The molecule has 0 aliphatic rings. The van der Waals surface area contributed by atoms with Crippen molar-refractivity contribution in [3.63, 3.8) is 0 Å². The van der Waals surface area contributed by atoms with Gasteiger partial charge in [-0.05, 0) is 6.92 Å². The van der Waals surface area contributed by atoms with E-state index in [1.807, 2.05) is 0 Å². The Balaban J connectivity index is 2.24. The quantitative estimate of drug-likeness (QED) is 0.581. The number of nitrogens with zero attached hydrogens (tertiary/aromatic N) is 5. The standard InChI is InChI=1S/C9H10ClN5O3/c1-2-17-9(16)8-6(3-10)15(14-12-8)4-7-11-5-18-13-7/h5H,2-4H2,1H3. The van der Waals surface area contributed by atoms with Gasteiger partial charge in [0.05, 0.1) is 18.2 Å². The van der Waals surface area contributed by atoms with Crippen LogP contribution < -0.4 is 0 Å². The maximum atomic E-state index is 11.6. The molecule has 8 nitrogen and oxygen atoms in total. The highest BCUT2D eigenvalue weighted by Crippen LogP contribution is 2.11. The number of alkyl halides is 1. The van der Waals surface area contributed by atoms with Gasteiger partial charge in [-0.25, -0.2) is 9.48 Å². The predicted molar refractivity (Wildman–Crippen MR) is 58.9 cm³/mol. The van der Waals surface area contributed by atoms with Crippen molar-refractivity contribution in [2.24, 2.45) is 0 Å². The Bertz CT molecular complexity index is 524. The van der Waals surface area contributed by atoms with Crippen LogP contribution in [-0.4, -0.2) is 37.7 Å². The Kier molecular flexibility index (Phi) is 3.88. The molecule has 2 rings (SSSR count). The van der Waals surface area contributed by atoms with E-state index in [0.29, 0.717) is 11.5 Å². The van der Waals surface area contributed by atoms with Crippen molar-refractivity contribution in [1.29, 1.82) is 0 Å². The number of hydrogen-bond acceptors (Lipinski definition) is 7. The Morgan fingerprint density at radius 1 is 1.61 bits per heavy atom. The van der Waals surface area contributed by atoms with Gasteiger partial charge < -0.3 is 9.26 Å². The van der Waals surface area contributed by atoms with Gasteiger partial charge in [0.25, 0.3) is 0 Å². The Morgan fingerprint density at radius 2 is 2.44 bits per heavy atom. The molecule has 0 aromatic carbocycles. The zero-order valence-electron chi connectivity index (χ0n) is 9.54. The number of ether oxygens (including phenoxy) is 1. The summed E-state index contributed by atoms with van der Waals surface area (Å²) in [6.45, 7) is 2.20. The molecule has 96 valence electrons. The molecular weight excluding hydrogens is 262 g/mol. The summed E-state index contributed by atoms with van der Waals surface area (Å²) in [5.74, 6) is -0.0480. The van der Waals surface area contributed by atoms with Gasteiger partial charge in [-0.1, -0.05) is 10.4 Å². The first-order valence-electron chi connectivity index (χ1n) is 5.17. The molecule has 0 aliphatic heterocycles. The molecular formula is C9H10ClN5O3. The van der Waals surface area contributed by atoms with Crippen LogP contribution in [0.5, 0.6) is 0 Å². The summed E-state index contributed by atoms with van der Waals surface area (Å²) >= 11 is 5.79. The van der Waals surface area contributed by atoms with E-state index in [0.717, 1.165) is 0 Å². The van der Waals surface area contributed by atoms with Crippen LogP contribution in [0.4, 0.5) is 0 Å². The number of halogens is 1. The van der Waals surface area contributed by atoms with Crippen molar-refractivity contribution in [2.75, 3.05) is 6.61 Å². The van der Waals surface area contributed by atoms with E-state index in [-0.39, 0.29) is 24.7 Å². The number of esters is 1. The van der Waals surface area contributed by atoms with Gasteiger partial charge >= 0.3 is 5.97 Å². The van der Waals surface area contributed by atoms with Crippen molar-refractivity contribution < 1.29 is 14.1 Å². The molecule has 2 aromatic heterocycles. The van der Waals surface area contributed by atoms with Gasteiger partial charge in [-0.15, -0.1) is 16.7 Å². The first-order chi connectivity index (χ1) is 8.76. The molecule has 2 heterocycles. The molecule has 0 saturated heterocycles. The van der Waals surface area contributed by atoms with E-state index >= 15 is 0 Å². The van der Waals surface area contributed by atoms with Crippen molar-refractivity contribution in [1.82, 2.24) is 25.1 Å². The minimum Gasteiger partial charge on any atom is -0.461 e. The lowest BCUT2D eigenvalue weighted by molar-refractivity contribution is 0.0518. The smallest absolute Gasteiger partial charge is 0.360 e. The highest BCUT2D eigenvalue weighted by Gasteiger charge is 2.20. The van der Waals surface area contributed by atoms with E-state index in [1.54, 1.807) is 6.92 Å². The fraction of sp³-hybridized carbons (Fsp3) is 0.444. The summed E-state index contributed by atoms with van der Waals surface area (Å²) < 4.78 is 10.9. The highest BCUT2D eigenvalue weighted by atomic mass is 35.5. The number of aromatic nitrogens is 5. The second-order valence-corrected chi connectivity index (χ2v) is 3.51. The van der Waals surface area contributed by atoms with Gasteiger partial charge in [0.2, 0.25) is 6.39 Å². The average molecular weight is 272 g/mol. The van der Waals surface area contributed by atoms with Crippen molar-refractivity contribution in [3.05, 3.63) is 23.6 Å². The van der Waals surface area contributed by atoms with E-state index in [1.165, 1.54) is 11.1 Å². The lowest BCUT2D eigenvalue weighted by Crippen LogP contribution is -2.11. The van der Waals surface area contributed by atoms with E-state index in [2.05, 4.69) is 25.0 Å². The molecule has 0 unspecified atom stereocenters. The molecule has 0 radical (unpaired) electrons. The first kappa shape index (κ1) is 12.5. The Morgan fingerprint density at radius 3 is 3.06 bits per heavy atom. The molecule has 0 atom stereocenters. The maximum absolute atomic E-state index is 11.6. The summed E-state index contributed by atoms with van der Waals surface area (Å²) in [4.78, 5) is 15.4. The molecule has 0 spiro atoms. The SMILES string of the molecule is CCOC(=O)c1nnn(Cc2ncon2)c1CCl. The zero-order valence-corrected chi connectivity index (χ0v) is 10.3. The monoisotopic (exact) mass is 271 g/mol. The van der Waals surface area contributed by atoms with Crippen molar-refractivity contribution in [3.8, 4) is 0 Å². The average Bonchev–Trinajstić information content (AvgIpc) is 2.99. The molecule has 0 saturated carbocycles. The van der Waals surface area contributed by atoms with Crippen LogP contribution in [0.1, 0.15) is 28.9 Å². The third-order valence-electron chi connectivity index (χ3n) is 2.13. The molecule has 0 fully saturated rings. The van der Waals surface area contributed by atoms with Gasteiger partial charge in [0.1, 0.15) is 6.54 Å². The van der Waals surface area contributed by atoms with Crippen LogP contribution in [0.15, 0.2) is 10.9 Å². The molecule has 0 bridgehead atoms. The third-order valence-corrected chi connectivity index (χ3v) is 2.38.